The van der Waals surface area contributed by atoms with Gasteiger partial charge in [-0.3, -0.25) is 19.6 Å². The minimum Gasteiger partial charge on any atom is -0.453 e. The molecule has 2 N–H and O–H groups in total. The van der Waals surface area contributed by atoms with Crippen molar-refractivity contribution in [3.63, 3.8) is 0 Å². The molecule has 2 aromatic heterocycles. The number of nitrogens with zero attached hydrogens (tertiary/aromatic N) is 3. The predicted octanol–water partition coefficient (Wildman–Crippen LogP) is 3.40. The van der Waals surface area contributed by atoms with Gasteiger partial charge in [0, 0.05) is 55.9 Å². The van der Waals surface area contributed by atoms with Gasteiger partial charge in [0.15, 0.2) is 0 Å². The van der Waals surface area contributed by atoms with Crippen LogP contribution >= 0.6 is 0 Å². The van der Waals surface area contributed by atoms with E-state index in [1.807, 2.05) is 44.2 Å². The van der Waals surface area contributed by atoms with E-state index < -0.39 is 6.09 Å². The Labute approximate surface area is 204 Å². The Morgan fingerprint density at radius 2 is 1.83 bits per heavy atom. The van der Waals surface area contributed by atoms with Crippen molar-refractivity contribution in [1.29, 1.82) is 0 Å². The molecule has 1 aromatic carbocycles. The van der Waals surface area contributed by atoms with E-state index in [0.717, 1.165) is 28.1 Å². The van der Waals surface area contributed by atoms with Gasteiger partial charge in [-0.2, -0.15) is 0 Å². The summed E-state index contributed by atoms with van der Waals surface area (Å²) < 4.78 is 4.56. The zero-order valence-electron chi connectivity index (χ0n) is 20.3. The van der Waals surface area contributed by atoms with Gasteiger partial charge in [-0.25, -0.2) is 4.79 Å². The summed E-state index contributed by atoms with van der Waals surface area (Å²) in [6.07, 6.45) is 2.72. The first kappa shape index (κ1) is 25.4. The molecule has 9 nitrogen and oxygen atoms in total. The summed E-state index contributed by atoms with van der Waals surface area (Å²) >= 11 is 0. The fraction of sp³-hybridized carbons (Fsp3) is 0.269. The van der Waals surface area contributed by atoms with Crippen molar-refractivity contribution in [1.82, 2.24) is 20.6 Å². The molecule has 0 saturated carbocycles. The van der Waals surface area contributed by atoms with Crippen LogP contribution in [0.3, 0.4) is 0 Å². The normalized spacial score (nSPS) is 10.4. The number of alkyl carbamates (subject to hydrolysis) is 1. The largest absolute Gasteiger partial charge is 0.453 e. The summed E-state index contributed by atoms with van der Waals surface area (Å²) in [4.78, 5) is 46.3. The van der Waals surface area contributed by atoms with E-state index in [4.69, 9.17) is 0 Å². The maximum Gasteiger partial charge on any atom is 0.406 e. The summed E-state index contributed by atoms with van der Waals surface area (Å²) in [6, 6.07) is 13.0. The maximum atomic E-state index is 12.5. The smallest absolute Gasteiger partial charge is 0.406 e. The lowest BCUT2D eigenvalue weighted by Crippen LogP contribution is -2.37. The van der Waals surface area contributed by atoms with Crippen molar-refractivity contribution in [2.24, 2.45) is 0 Å². The molecular formula is C26H29N5O4. The van der Waals surface area contributed by atoms with Crippen LogP contribution in [0.4, 0.5) is 10.5 Å². The maximum absolute atomic E-state index is 12.5. The van der Waals surface area contributed by atoms with E-state index >= 15 is 0 Å². The molecule has 2 heterocycles. The van der Waals surface area contributed by atoms with Gasteiger partial charge in [0.05, 0.1) is 18.4 Å². The second kappa shape index (κ2) is 11.7. The number of amides is 3. The number of pyridine rings is 2. The van der Waals surface area contributed by atoms with Crippen LogP contribution in [0.25, 0.3) is 11.3 Å². The zero-order chi connectivity index (χ0) is 25.4. The van der Waals surface area contributed by atoms with Crippen LogP contribution in [0.15, 0.2) is 54.9 Å². The van der Waals surface area contributed by atoms with E-state index in [9.17, 15) is 14.4 Å². The van der Waals surface area contributed by atoms with Crippen LogP contribution in [-0.4, -0.2) is 48.1 Å². The number of anilines is 1. The molecule has 0 aliphatic carbocycles. The summed E-state index contributed by atoms with van der Waals surface area (Å²) in [5, 5.41) is 5.47. The van der Waals surface area contributed by atoms with Crippen LogP contribution in [0.5, 0.6) is 0 Å². The van der Waals surface area contributed by atoms with Crippen molar-refractivity contribution >= 4 is 23.6 Å². The average molecular weight is 476 g/mol. The Balaban J connectivity index is 1.68. The van der Waals surface area contributed by atoms with Crippen LogP contribution in [0.1, 0.15) is 34.1 Å². The number of nitrogens with one attached hydrogen (secondary N) is 2. The highest BCUT2D eigenvalue weighted by atomic mass is 16.5. The first-order valence-corrected chi connectivity index (χ1v) is 11.2. The summed E-state index contributed by atoms with van der Waals surface area (Å²) in [5.74, 6) is -0.348. The molecule has 3 aromatic rings. The summed E-state index contributed by atoms with van der Waals surface area (Å²) in [5.41, 5.74) is 5.50. The molecule has 0 atom stereocenters. The minimum absolute atomic E-state index is 0.137. The van der Waals surface area contributed by atoms with Gasteiger partial charge >= 0.3 is 6.09 Å². The SMILES string of the molecule is COC(=O)NCCN(C(C)=O)c1ccc(-c2ccc(C(=O)NCc3cccnc3C)cn2)cc1C. The Morgan fingerprint density at radius 1 is 1.03 bits per heavy atom. The second-order valence-electron chi connectivity index (χ2n) is 7.95. The molecule has 0 aliphatic heterocycles. The highest BCUT2D eigenvalue weighted by Crippen LogP contribution is 2.26. The molecule has 0 aliphatic rings. The predicted molar refractivity (Wildman–Crippen MR) is 133 cm³/mol. The number of rotatable bonds is 8. The molecule has 3 rings (SSSR count). The van der Waals surface area contributed by atoms with Crippen LogP contribution < -0.4 is 15.5 Å². The van der Waals surface area contributed by atoms with E-state index in [-0.39, 0.29) is 18.4 Å². The summed E-state index contributed by atoms with van der Waals surface area (Å²) in [7, 11) is 1.29. The monoisotopic (exact) mass is 475 g/mol. The van der Waals surface area contributed by atoms with Gasteiger partial charge in [0.1, 0.15) is 0 Å². The third kappa shape index (κ3) is 6.63. The van der Waals surface area contributed by atoms with Gasteiger partial charge in [-0.15, -0.1) is 0 Å². The van der Waals surface area contributed by atoms with Crippen molar-refractivity contribution < 1.29 is 19.1 Å². The topological polar surface area (TPSA) is 114 Å². The molecule has 0 fully saturated rings. The van der Waals surface area contributed by atoms with Gasteiger partial charge in [0.2, 0.25) is 5.91 Å². The number of aromatic nitrogens is 2. The van der Waals surface area contributed by atoms with E-state index in [2.05, 4.69) is 25.3 Å². The van der Waals surface area contributed by atoms with Crippen molar-refractivity contribution in [2.45, 2.75) is 27.3 Å². The molecule has 3 amide bonds. The van der Waals surface area contributed by atoms with Gasteiger partial charge in [0.25, 0.3) is 5.91 Å². The first-order valence-electron chi connectivity index (χ1n) is 11.2. The van der Waals surface area contributed by atoms with Crippen molar-refractivity contribution in [2.75, 3.05) is 25.1 Å². The highest BCUT2D eigenvalue weighted by molar-refractivity contribution is 5.94. The molecule has 0 unspecified atom stereocenters. The van der Waals surface area contributed by atoms with Crippen molar-refractivity contribution in [3.05, 3.63) is 77.2 Å². The number of aryl methyl sites for hydroxylation is 2. The zero-order valence-corrected chi connectivity index (χ0v) is 20.3. The first-order chi connectivity index (χ1) is 16.8. The molecule has 0 bridgehead atoms. The number of benzene rings is 1. The fourth-order valence-electron chi connectivity index (χ4n) is 3.59. The Morgan fingerprint density at radius 3 is 2.46 bits per heavy atom. The molecule has 0 spiro atoms. The molecule has 0 radical (unpaired) electrons. The van der Waals surface area contributed by atoms with Crippen molar-refractivity contribution in [3.8, 4) is 11.3 Å². The number of methoxy groups -OCH3 is 1. The number of hydrogen-bond acceptors (Lipinski definition) is 6. The Hall–Kier alpha value is -4.27. The van der Waals surface area contributed by atoms with Crippen LogP contribution in [0.2, 0.25) is 0 Å². The van der Waals surface area contributed by atoms with E-state index in [0.29, 0.717) is 24.3 Å². The summed E-state index contributed by atoms with van der Waals surface area (Å²) in [6.45, 7) is 6.25. The molecule has 35 heavy (non-hydrogen) atoms. The number of hydrogen-bond donors (Lipinski definition) is 2. The molecule has 182 valence electrons. The number of carbonyl (C=O) groups is 3. The standard InChI is InChI=1S/C26H29N5O4/c1-17-14-20(8-10-24(17)31(19(3)32)13-12-28-26(34)35-4)23-9-7-22(16-29-23)25(33)30-15-21-6-5-11-27-18(21)2/h5-11,14,16H,12-13,15H2,1-4H3,(H,28,34)(H,30,33). The van der Waals surface area contributed by atoms with E-state index in [1.54, 1.807) is 29.4 Å². The number of carbonyl (C=O) groups excluding carboxylic acids is 3. The number of ether oxygens (including phenoxy) is 1. The van der Waals surface area contributed by atoms with Gasteiger partial charge in [-0.05, 0) is 55.3 Å². The molecule has 9 heteroatoms. The lowest BCUT2D eigenvalue weighted by atomic mass is 10.0. The average Bonchev–Trinajstić information content (AvgIpc) is 2.86. The minimum atomic E-state index is -0.545. The Kier molecular flexibility index (Phi) is 8.50. The van der Waals surface area contributed by atoms with Crippen LogP contribution in [-0.2, 0) is 16.1 Å². The fourth-order valence-corrected chi connectivity index (χ4v) is 3.59. The van der Waals surface area contributed by atoms with Gasteiger partial charge in [-0.1, -0.05) is 12.1 Å². The lowest BCUT2D eigenvalue weighted by molar-refractivity contribution is -0.116. The third-order valence-corrected chi connectivity index (χ3v) is 5.54. The lowest BCUT2D eigenvalue weighted by Gasteiger charge is -2.23. The third-order valence-electron chi connectivity index (χ3n) is 5.54. The second-order valence-corrected chi connectivity index (χ2v) is 7.95. The quantitative estimate of drug-likeness (QED) is 0.516. The van der Waals surface area contributed by atoms with E-state index in [1.165, 1.54) is 14.0 Å². The molecule has 0 saturated heterocycles. The van der Waals surface area contributed by atoms with Gasteiger partial charge < -0.3 is 20.3 Å². The van der Waals surface area contributed by atoms with Crippen LogP contribution in [0, 0.1) is 13.8 Å². The molecular weight excluding hydrogens is 446 g/mol. The highest BCUT2D eigenvalue weighted by Gasteiger charge is 2.15. The Bertz CT molecular complexity index is 1210.